The molecule has 0 bridgehead atoms. The van der Waals surface area contributed by atoms with E-state index in [1.54, 1.807) is 12.1 Å². The lowest BCUT2D eigenvalue weighted by Crippen LogP contribution is -2.31. The number of hydrogen-bond donors (Lipinski definition) is 1. The first-order valence-corrected chi connectivity index (χ1v) is 6.21. The molecule has 1 aliphatic rings. The van der Waals surface area contributed by atoms with Crippen LogP contribution in [0.15, 0.2) is 24.3 Å². The van der Waals surface area contributed by atoms with Gasteiger partial charge in [0.2, 0.25) is 0 Å². The van der Waals surface area contributed by atoms with E-state index in [0.29, 0.717) is 5.02 Å². The first-order chi connectivity index (χ1) is 8.16. The van der Waals surface area contributed by atoms with Crippen molar-refractivity contribution >= 4 is 17.6 Å². The Morgan fingerprint density at radius 2 is 2.29 bits per heavy atom. The van der Waals surface area contributed by atoms with Crippen LogP contribution in [0.3, 0.4) is 0 Å². The van der Waals surface area contributed by atoms with Crippen molar-refractivity contribution in [2.45, 2.75) is 31.9 Å². The van der Waals surface area contributed by atoms with Gasteiger partial charge in [-0.25, -0.2) is 0 Å². The molecule has 1 saturated carbocycles. The van der Waals surface area contributed by atoms with Crippen LogP contribution >= 0.6 is 11.6 Å². The van der Waals surface area contributed by atoms with Gasteiger partial charge in [-0.05, 0) is 30.5 Å². The van der Waals surface area contributed by atoms with Gasteiger partial charge in [0.15, 0.2) is 0 Å². The molecule has 92 valence electrons. The molecule has 17 heavy (non-hydrogen) atoms. The van der Waals surface area contributed by atoms with Crippen LogP contribution in [0, 0.1) is 5.92 Å². The van der Waals surface area contributed by atoms with Gasteiger partial charge in [-0.1, -0.05) is 30.2 Å². The monoisotopic (exact) mass is 253 g/mol. The summed E-state index contributed by atoms with van der Waals surface area (Å²) in [6.45, 7) is 0.266. The summed E-state index contributed by atoms with van der Waals surface area (Å²) in [6, 6.07) is 7.27. The highest BCUT2D eigenvalue weighted by molar-refractivity contribution is 6.30. The van der Waals surface area contributed by atoms with E-state index in [1.165, 1.54) is 0 Å². The fourth-order valence-electron chi connectivity index (χ4n) is 2.17. The average molecular weight is 254 g/mol. The van der Waals surface area contributed by atoms with Crippen molar-refractivity contribution in [3.8, 4) is 0 Å². The average Bonchev–Trinajstić information content (AvgIpc) is 2.72. The zero-order valence-corrected chi connectivity index (χ0v) is 10.3. The Kier molecular flexibility index (Phi) is 4.02. The van der Waals surface area contributed by atoms with Gasteiger partial charge in [-0.15, -0.1) is 0 Å². The first kappa shape index (κ1) is 12.4. The number of ether oxygens (including phenoxy) is 1. The molecule has 2 unspecified atom stereocenters. The summed E-state index contributed by atoms with van der Waals surface area (Å²) in [5.41, 5.74) is 6.75. The maximum absolute atomic E-state index is 11.8. The van der Waals surface area contributed by atoms with Gasteiger partial charge in [0, 0.05) is 11.1 Å². The van der Waals surface area contributed by atoms with E-state index in [4.69, 9.17) is 22.1 Å². The van der Waals surface area contributed by atoms with Crippen LogP contribution in [0.1, 0.15) is 24.8 Å². The molecule has 0 saturated heterocycles. The predicted molar refractivity (Wildman–Crippen MR) is 66.6 cm³/mol. The predicted octanol–water partition coefficient (Wildman–Crippen LogP) is 2.51. The lowest BCUT2D eigenvalue weighted by Gasteiger charge is -2.14. The fourth-order valence-corrected chi connectivity index (χ4v) is 2.38. The Morgan fingerprint density at radius 3 is 2.94 bits per heavy atom. The third kappa shape index (κ3) is 3.20. The van der Waals surface area contributed by atoms with E-state index < -0.39 is 0 Å². The maximum atomic E-state index is 11.8. The van der Waals surface area contributed by atoms with Crippen LogP contribution in [0.5, 0.6) is 0 Å². The fraction of sp³-hybridized carbons (Fsp3) is 0.462. The number of esters is 1. The zero-order chi connectivity index (χ0) is 12.3. The molecule has 1 aromatic carbocycles. The van der Waals surface area contributed by atoms with Crippen LogP contribution in [-0.2, 0) is 16.1 Å². The third-order valence-corrected chi connectivity index (χ3v) is 3.38. The molecule has 2 rings (SSSR count). The summed E-state index contributed by atoms with van der Waals surface area (Å²) in [5.74, 6) is -0.316. The van der Waals surface area contributed by atoms with E-state index in [0.717, 1.165) is 24.8 Å². The molecule has 0 amide bonds. The van der Waals surface area contributed by atoms with Gasteiger partial charge in [-0.3, -0.25) is 4.79 Å². The highest BCUT2D eigenvalue weighted by Gasteiger charge is 2.31. The van der Waals surface area contributed by atoms with Crippen molar-refractivity contribution < 1.29 is 9.53 Å². The molecule has 4 heteroatoms. The molecule has 0 aliphatic heterocycles. The lowest BCUT2D eigenvalue weighted by atomic mass is 10.1. The smallest absolute Gasteiger partial charge is 0.310 e. The van der Waals surface area contributed by atoms with Crippen molar-refractivity contribution in [3.05, 3.63) is 34.9 Å². The van der Waals surface area contributed by atoms with Gasteiger partial charge in [0.05, 0.1) is 5.92 Å². The zero-order valence-electron chi connectivity index (χ0n) is 9.56. The molecule has 0 aromatic heterocycles. The molecular weight excluding hydrogens is 238 g/mol. The molecule has 0 radical (unpaired) electrons. The third-order valence-electron chi connectivity index (χ3n) is 3.14. The van der Waals surface area contributed by atoms with Crippen molar-refractivity contribution in [3.63, 3.8) is 0 Å². The van der Waals surface area contributed by atoms with E-state index >= 15 is 0 Å². The van der Waals surface area contributed by atoms with E-state index in [-0.39, 0.29) is 24.5 Å². The second-order valence-electron chi connectivity index (χ2n) is 4.44. The minimum absolute atomic E-state index is 0.0399. The summed E-state index contributed by atoms with van der Waals surface area (Å²) < 4.78 is 5.26. The quantitative estimate of drug-likeness (QED) is 0.842. The molecule has 1 aliphatic carbocycles. The van der Waals surface area contributed by atoms with Gasteiger partial charge in [0.1, 0.15) is 6.61 Å². The molecule has 0 spiro atoms. The molecule has 2 atom stereocenters. The summed E-state index contributed by atoms with van der Waals surface area (Å²) in [4.78, 5) is 11.8. The molecule has 3 nitrogen and oxygen atoms in total. The second-order valence-corrected chi connectivity index (χ2v) is 4.88. The van der Waals surface area contributed by atoms with E-state index in [9.17, 15) is 4.79 Å². The number of hydrogen-bond acceptors (Lipinski definition) is 3. The number of halogens is 1. The van der Waals surface area contributed by atoms with Gasteiger partial charge in [0.25, 0.3) is 0 Å². The van der Waals surface area contributed by atoms with Crippen LogP contribution in [-0.4, -0.2) is 12.0 Å². The van der Waals surface area contributed by atoms with Gasteiger partial charge in [-0.2, -0.15) is 0 Å². The number of rotatable bonds is 3. The summed E-state index contributed by atoms with van der Waals surface area (Å²) in [7, 11) is 0. The topological polar surface area (TPSA) is 52.3 Å². The Balaban J connectivity index is 1.88. The van der Waals surface area contributed by atoms with Crippen molar-refractivity contribution in [2.75, 3.05) is 0 Å². The Labute approximate surface area is 106 Å². The van der Waals surface area contributed by atoms with E-state index in [1.807, 2.05) is 12.1 Å². The van der Waals surface area contributed by atoms with Gasteiger partial charge < -0.3 is 10.5 Å². The van der Waals surface area contributed by atoms with Crippen LogP contribution in [0.4, 0.5) is 0 Å². The minimum atomic E-state index is -0.185. The van der Waals surface area contributed by atoms with Crippen LogP contribution in [0.25, 0.3) is 0 Å². The molecule has 1 aromatic rings. The normalized spacial score (nSPS) is 23.6. The minimum Gasteiger partial charge on any atom is -0.461 e. The molecule has 1 fully saturated rings. The summed E-state index contributed by atoms with van der Waals surface area (Å²) >= 11 is 5.85. The maximum Gasteiger partial charge on any atom is 0.310 e. The van der Waals surface area contributed by atoms with Crippen LogP contribution in [0.2, 0.25) is 5.02 Å². The Hall–Kier alpha value is -1.06. The summed E-state index contributed by atoms with van der Waals surface area (Å²) in [6.07, 6.45) is 2.77. The van der Waals surface area contributed by atoms with Crippen molar-refractivity contribution in [1.29, 1.82) is 0 Å². The van der Waals surface area contributed by atoms with E-state index in [2.05, 4.69) is 0 Å². The highest BCUT2D eigenvalue weighted by Crippen LogP contribution is 2.25. The first-order valence-electron chi connectivity index (χ1n) is 5.83. The molecule has 2 N–H and O–H groups in total. The number of carbonyl (C=O) groups is 1. The Morgan fingerprint density at radius 1 is 1.47 bits per heavy atom. The Bertz CT molecular complexity index is 408. The van der Waals surface area contributed by atoms with Crippen molar-refractivity contribution in [1.82, 2.24) is 0 Å². The largest absolute Gasteiger partial charge is 0.461 e. The number of carbonyl (C=O) groups excluding carboxylic acids is 1. The van der Waals surface area contributed by atoms with Gasteiger partial charge >= 0.3 is 5.97 Å². The molecule has 0 heterocycles. The number of nitrogens with two attached hydrogens (primary N) is 1. The number of benzene rings is 1. The van der Waals surface area contributed by atoms with Crippen LogP contribution < -0.4 is 5.73 Å². The SMILES string of the molecule is NC1CCCC1C(=O)OCc1cccc(Cl)c1. The van der Waals surface area contributed by atoms with Crippen molar-refractivity contribution in [2.24, 2.45) is 11.7 Å². The summed E-state index contributed by atoms with van der Waals surface area (Å²) in [5, 5.41) is 0.649. The molecular formula is C13H16ClNO2. The second kappa shape index (κ2) is 5.52. The highest BCUT2D eigenvalue weighted by atomic mass is 35.5. The lowest BCUT2D eigenvalue weighted by molar-refractivity contribution is -0.150. The standard InChI is InChI=1S/C13H16ClNO2/c14-10-4-1-3-9(7-10)8-17-13(16)11-5-2-6-12(11)15/h1,3-4,7,11-12H,2,5-6,8,15H2.